The van der Waals surface area contributed by atoms with Crippen LogP contribution >= 0.6 is 0 Å². The number of carbonyl (C=O) groups is 1. The van der Waals surface area contributed by atoms with Crippen molar-refractivity contribution in [3.8, 4) is 0 Å². The van der Waals surface area contributed by atoms with Crippen LogP contribution in [-0.4, -0.2) is 210 Å². The number of fused-ring (bicyclic) bond motifs is 7. The first-order valence-electron chi connectivity index (χ1n) is 27.6. The molecular weight excluding hydrogens is 985 g/mol. The lowest BCUT2D eigenvalue weighted by Crippen LogP contribution is -2.75. The second kappa shape index (κ2) is 19.6. The van der Waals surface area contributed by atoms with Gasteiger partial charge in [0.2, 0.25) is 0 Å². The van der Waals surface area contributed by atoms with Gasteiger partial charge in [-0.3, -0.25) is 4.79 Å². The second-order valence-corrected chi connectivity index (χ2v) is 26.2. The Morgan fingerprint density at radius 1 is 0.613 bits per heavy atom. The maximum absolute atomic E-state index is 13.9. The zero-order chi connectivity index (χ0) is 54.5. The summed E-state index contributed by atoms with van der Waals surface area (Å²) in [5.41, 5.74) is -2.86. The van der Waals surface area contributed by atoms with Crippen molar-refractivity contribution in [1.29, 1.82) is 0 Å². The third-order valence-electron chi connectivity index (χ3n) is 22.2. The highest BCUT2D eigenvalue weighted by Crippen LogP contribution is 2.77. The molecule has 5 aliphatic carbocycles. The summed E-state index contributed by atoms with van der Waals surface area (Å²) in [7, 11) is 0. The molecule has 29 atom stereocenters. The third-order valence-corrected chi connectivity index (χ3v) is 22.2. The van der Waals surface area contributed by atoms with Gasteiger partial charge < -0.3 is 98.8 Å². The molecule has 0 amide bonds. The molecule has 2 bridgehead atoms. The van der Waals surface area contributed by atoms with Gasteiger partial charge in [-0.15, -0.1) is 0 Å². The SMILES string of the molecule is C[C@H]1[C@H](O)[C@@H](CO)O[C@@H](O[C@@H]2[C@@H](O[C@@H]3O[C@@H](C)[C@H](O)[C@@H](O)[C@H]3O)[C@@H](O[C@H]3CC[C@@]4(C)[C@H](CC[C@]5(C)[C@@H]4CC=C4[C@H]6[C@]7(CC[C@](C)(OC7=O)[C@@]6(C)O)CC[C@]45C)C3(C)C)OC[C@@H]2O)[C@@H]1O[C@@H]1O[C@H](CO)[C@@H](O)[C@H](O)[C@H]1O. The van der Waals surface area contributed by atoms with Crippen molar-refractivity contribution in [3.63, 3.8) is 0 Å². The second-order valence-electron chi connectivity index (χ2n) is 26.2. The number of esters is 1. The van der Waals surface area contributed by atoms with E-state index in [1.165, 1.54) is 12.5 Å². The molecule has 0 unspecified atom stereocenters. The van der Waals surface area contributed by atoms with E-state index in [0.29, 0.717) is 25.7 Å². The summed E-state index contributed by atoms with van der Waals surface area (Å²) in [5, 5.41) is 121. The van der Waals surface area contributed by atoms with E-state index in [2.05, 4.69) is 40.7 Å². The van der Waals surface area contributed by atoms with Crippen LogP contribution in [0, 0.1) is 50.7 Å². The van der Waals surface area contributed by atoms with Gasteiger partial charge in [0.15, 0.2) is 25.2 Å². The minimum absolute atomic E-state index is 0.138. The van der Waals surface area contributed by atoms with Gasteiger partial charge in [0.1, 0.15) is 84.4 Å². The predicted molar refractivity (Wildman–Crippen MR) is 258 cm³/mol. The summed E-state index contributed by atoms with van der Waals surface area (Å²) < 4.78 is 56.5. The quantitative estimate of drug-likeness (QED) is 0.0782. The molecule has 428 valence electrons. The molecule has 4 saturated carbocycles. The molecule has 0 aromatic rings. The Labute approximate surface area is 438 Å². The Balaban J connectivity index is 0.936. The molecule has 0 aromatic carbocycles. The van der Waals surface area contributed by atoms with E-state index >= 15 is 0 Å². The van der Waals surface area contributed by atoms with Crippen LogP contribution in [0.3, 0.4) is 0 Å². The van der Waals surface area contributed by atoms with Crippen LogP contribution in [0.1, 0.15) is 120 Å². The van der Waals surface area contributed by atoms with Crippen LogP contribution in [0.5, 0.6) is 0 Å². The summed E-state index contributed by atoms with van der Waals surface area (Å²) in [6, 6.07) is 0. The largest absolute Gasteiger partial charge is 0.456 e. The van der Waals surface area contributed by atoms with Crippen molar-refractivity contribution >= 4 is 5.97 Å². The van der Waals surface area contributed by atoms with Crippen molar-refractivity contribution in [2.45, 2.75) is 248 Å². The highest BCUT2D eigenvalue weighted by atomic mass is 16.8. The molecule has 21 heteroatoms. The minimum Gasteiger partial charge on any atom is -0.456 e. The predicted octanol–water partition coefficient (Wildman–Crippen LogP) is 0.0379. The molecule has 10 fully saturated rings. The van der Waals surface area contributed by atoms with Gasteiger partial charge in [0, 0.05) is 11.8 Å². The number of aliphatic hydroxyl groups is 11. The lowest BCUT2D eigenvalue weighted by molar-refractivity contribution is -0.398. The highest BCUT2D eigenvalue weighted by molar-refractivity contribution is 5.82. The summed E-state index contributed by atoms with van der Waals surface area (Å²) >= 11 is 0. The fraction of sp³-hybridized carbons (Fsp3) is 0.944. The first-order valence-corrected chi connectivity index (χ1v) is 27.6. The fourth-order valence-electron chi connectivity index (χ4n) is 17.1. The first kappa shape index (κ1) is 56.7. The number of ether oxygens (including phenoxy) is 9. The van der Waals surface area contributed by atoms with Crippen LogP contribution in [0.2, 0.25) is 0 Å². The number of aliphatic hydroxyl groups excluding tert-OH is 10. The fourth-order valence-corrected chi connectivity index (χ4v) is 17.1. The monoisotopic (exact) mass is 1070 g/mol. The molecule has 6 saturated heterocycles. The van der Waals surface area contributed by atoms with Gasteiger partial charge in [-0.1, -0.05) is 53.2 Å². The lowest BCUT2D eigenvalue weighted by atomic mass is 9.32. The smallest absolute Gasteiger partial charge is 0.313 e. The van der Waals surface area contributed by atoms with Gasteiger partial charge in [-0.2, -0.15) is 0 Å². The van der Waals surface area contributed by atoms with Gasteiger partial charge in [-0.25, -0.2) is 0 Å². The summed E-state index contributed by atoms with van der Waals surface area (Å²) in [5.74, 6) is -1.07. The maximum Gasteiger partial charge on any atom is 0.313 e. The molecule has 0 radical (unpaired) electrons. The van der Waals surface area contributed by atoms with Crippen molar-refractivity contribution in [3.05, 3.63) is 11.6 Å². The van der Waals surface area contributed by atoms with E-state index in [0.717, 1.165) is 32.1 Å². The highest BCUT2D eigenvalue weighted by Gasteiger charge is 2.77. The molecule has 1 spiro atoms. The number of allylic oxidation sites excluding steroid dienone is 1. The summed E-state index contributed by atoms with van der Waals surface area (Å²) in [6.45, 7) is 16.7. The van der Waals surface area contributed by atoms with Crippen LogP contribution in [0.15, 0.2) is 11.6 Å². The number of hydrogen-bond acceptors (Lipinski definition) is 21. The van der Waals surface area contributed by atoms with E-state index in [-0.39, 0.29) is 46.6 Å². The molecule has 11 aliphatic rings. The van der Waals surface area contributed by atoms with Crippen molar-refractivity contribution in [1.82, 2.24) is 0 Å². The van der Waals surface area contributed by atoms with E-state index < -0.39 is 158 Å². The lowest BCUT2D eigenvalue weighted by Gasteiger charge is -2.73. The summed E-state index contributed by atoms with van der Waals surface area (Å²) in [4.78, 5) is 13.9. The molecule has 0 aromatic heterocycles. The Morgan fingerprint density at radius 2 is 1.21 bits per heavy atom. The van der Waals surface area contributed by atoms with Crippen LogP contribution in [-0.2, 0) is 47.4 Å². The van der Waals surface area contributed by atoms with Crippen molar-refractivity contribution < 1.29 is 104 Å². The van der Waals surface area contributed by atoms with Gasteiger partial charge in [-0.05, 0) is 112 Å². The standard InChI is InChI=1S/C54H86O21/c1-23-32(58)27(20-55)70-46(39(23)72-44-38(64)36(62)34(60)28(21-56)69-44)73-40-26(57)22-67-45(41(40)74-43-37(63)35(61)33(59)24(2)68-43)71-31-13-14-49(5)29(48(31,3)4)12-15-51(7)30(49)11-10-25-42-53(9,66)52(8)17-19-54(42,47(65)75-52)18-16-50(25,51)6/h10,23-24,26-46,55-64,66H,11-22H2,1-9H3/t23-,24-,26-,27+,28+,29+,30+,31-,32-,33-,34+,35+,36-,37+,38+,39+,40-,41+,42+,43-,44-,45+,46-,49-,50+,51+,52-,53-,54+/m0/s1. The van der Waals surface area contributed by atoms with E-state index in [4.69, 9.17) is 42.6 Å². The average molecular weight is 1070 g/mol. The molecule has 11 N–H and O–H groups in total. The van der Waals surface area contributed by atoms with Crippen molar-refractivity contribution in [2.24, 2.45) is 50.7 Å². The van der Waals surface area contributed by atoms with Crippen molar-refractivity contribution in [2.75, 3.05) is 19.8 Å². The van der Waals surface area contributed by atoms with E-state index in [9.17, 15) is 61.0 Å². The topological polar surface area (TPSA) is 323 Å². The zero-order valence-electron chi connectivity index (χ0n) is 44.8. The molecule has 21 nitrogen and oxygen atoms in total. The third kappa shape index (κ3) is 8.36. The maximum atomic E-state index is 13.9. The Morgan fingerprint density at radius 3 is 1.88 bits per heavy atom. The van der Waals surface area contributed by atoms with Gasteiger partial charge >= 0.3 is 5.97 Å². The van der Waals surface area contributed by atoms with Crippen LogP contribution in [0.25, 0.3) is 0 Å². The molecule has 11 rings (SSSR count). The number of hydrogen-bond donors (Lipinski definition) is 11. The molecule has 6 aliphatic heterocycles. The van der Waals surface area contributed by atoms with Gasteiger partial charge in [0.25, 0.3) is 0 Å². The Kier molecular flexibility index (Phi) is 14.8. The van der Waals surface area contributed by atoms with Crippen LogP contribution < -0.4 is 0 Å². The van der Waals surface area contributed by atoms with E-state index in [1.54, 1.807) is 6.92 Å². The Bertz CT molecular complexity index is 2140. The molecule has 6 heterocycles. The minimum atomic E-state index is -1.84. The molecule has 75 heavy (non-hydrogen) atoms. The summed E-state index contributed by atoms with van der Waals surface area (Å²) in [6.07, 6.45) is -18.7. The normalized spacial score (nSPS) is 57.4. The Hall–Kier alpha value is -1.55. The molecular formula is C54H86O21. The van der Waals surface area contributed by atoms with Gasteiger partial charge in [0.05, 0.1) is 43.5 Å². The average Bonchev–Trinajstić information content (AvgIpc) is 3.47. The number of rotatable bonds is 10. The van der Waals surface area contributed by atoms with E-state index in [1.807, 2.05) is 13.8 Å². The zero-order valence-corrected chi connectivity index (χ0v) is 44.8. The number of carbonyl (C=O) groups excluding carboxylic acids is 1. The first-order chi connectivity index (χ1) is 35.1. The van der Waals surface area contributed by atoms with Crippen LogP contribution in [0.4, 0.5) is 0 Å².